The van der Waals surface area contributed by atoms with Gasteiger partial charge in [0.2, 0.25) is 11.8 Å². The number of rotatable bonds is 3. The summed E-state index contributed by atoms with van der Waals surface area (Å²) in [5.74, 6) is -0.389. The lowest BCUT2D eigenvalue weighted by Crippen LogP contribution is -2.51. The number of anilines is 1. The number of nitrogens with one attached hydrogen (secondary N) is 1. The minimum Gasteiger partial charge on any atom is -0.363 e. The second kappa shape index (κ2) is 5.25. The standard InChI is InChI=1S/C15H21N3O2/c1-17(13-9-10-14(19)16-15(13)20)11-5-7-12(8-6-11)18(2,3)4/h5-8,13H,9-10H2,1-4H3/p+1. The van der Waals surface area contributed by atoms with E-state index in [1.54, 1.807) is 0 Å². The van der Waals surface area contributed by atoms with Gasteiger partial charge in [-0.3, -0.25) is 19.4 Å². The number of quaternary nitrogens is 1. The van der Waals surface area contributed by atoms with Gasteiger partial charge >= 0.3 is 0 Å². The predicted molar refractivity (Wildman–Crippen MR) is 80.6 cm³/mol. The molecule has 1 aliphatic heterocycles. The second-order valence-electron chi connectivity index (χ2n) is 6.11. The van der Waals surface area contributed by atoms with E-state index in [2.05, 4.69) is 38.6 Å². The van der Waals surface area contributed by atoms with Gasteiger partial charge in [0.25, 0.3) is 0 Å². The zero-order chi connectivity index (χ0) is 14.9. The molecule has 0 saturated carbocycles. The van der Waals surface area contributed by atoms with Crippen LogP contribution in [0.3, 0.4) is 0 Å². The Morgan fingerprint density at radius 1 is 1.15 bits per heavy atom. The monoisotopic (exact) mass is 276 g/mol. The van der Waals surface area contributed by atoms with Crippen LogP contribution in [0.4, 0.5) is 11.4 Å². The summed E-state index contributed by atoms with van der Waals surface area (Å²) >= 11 is 0. The number of hydrogen-bond acceptors (Lipinski definition) is 3. The van der Waals surface area contributed by atoms with Crippen LogP contribution in [0.1, 0.15) is 12.8 Å². The zero-order valence-corrected chi connectivity index (χ0v) is 12.5. The summed E-state index contributed by atoms with van der Waals surface area (Å²) < 4.78 is 0.752. The highest BCUT2D eigenvalue weighted by Crippen LogP contribution is 2.24. The van der Waals surface area contributed by atoms with Crippen molar-refractivity contribution in [3.05, 3.63) is 24.3 Å². The first kappa shape index (κ1) is 14.5. The Balaban J connectivity index is 2.15. The first-order chi connectivity index (χ1) is 9.29. The Morgan fingerprint density at radius 2 is 1.75 bits per heavy atom. The van der Waals surface area contributed by atoms with Crippen LogP contribution in [-0.4, -0.2) is 46.0 Å². The van der Waals surface area contributed by atoms with Gasteiger partial charge < -0.3 is 4.90 Å². The maximum Gasteiger partial charge on any atom is 0.249 e. The molecule has 1 aromatic carbocycles. The Labute approximate surface area is 119 Å². The lowest BCUT2D eigenvalue weighted by Gasteiger charge is -2.32. The van der Waals surface area contributed by atoms with Crippen LogP contribution in [-0.2, 0) is 9.59 Å². The van der Waals surface area contributed by atoms with E-state index < -0.39 is 0 Å². The number of piperidine rings is 1. The molecule has 1 fully saturated rings. The normalized spacial score (nSPS) is 19.7. The third-order valence-corrected chi connectivity index (χ3v) is 3.71. The summed E-state index contributed by atoms with van der Waals surface area (Å²) in [6, 6.07) is 7.89. The van der Waals surface area contributed by atoms with Crippen molar-refractivity contribution in [3.8, 4) is 0 Å². The minimum atomic E-state index is -0.275. The van der Waals surface area contributed by atoms with Crippen molar-refractivity contribution >= 4 is 23.2 Å². The summed E-state index contributed by atoms with van der Waals surface area (Å²) in [5.41, 5.74) is 2.18. The molecular weight excluding hydrogens is 254 g/mol. The van der Waals surface area contributed by atoms with Gasteiger partial charge in [-0.05, 0) is 18.6 Å². The molecule has 5 heteroatoms. The highest BCUT2D eigenvalue weighted by atomic mass is 16.2. The Morgan fingerprint density at radius 3 is 2.25 bits per heavy atom. The van der Waals surface area contributed by atoms with E-state index in [4.69, 9.17) is 0 Å². The SMILES string of the molecule is CN(c1ccc([N+](C)(C)C)cc1)C1CCC(=O)NC1=O. The third-order valence-electron chi connectivity index (χ3n) is 3.71. The third kappa shape index (κ3) is 2.99. The van der Waals surface area contributed by atoms with Crippen LogP contribution in [0.15, 0.2) is 24.3 Å². The summed E-state index contributed by atoms with van der Waals surface area (Å²) in [5, 5.41) is 2.39. The Hall–Kier alpha value is -1.88. The summed E-state index contributed by atoms with van der Waals surface area (Å²) in [6.45, 7) is 0. The first-order valence-corrected chi connectivity index (χ1v) is 6.77. The molecule has 108 valence electrons. The average molecular weight is 276 g/mol. The van der Waals surface area contributed by atoms with E-state index in [0.717, 1.165) is 10.2 Å². The van der Waals surface area contributed by atoms with Crippen LogP contribution in [0.5, 0.6) is 0 Å². The predicted octanol–water partition coefficient (Wildman–Crippen LogP) is 1.12. The fourth-order valence-corrected chi connectivity index (χ4v) is 2.37. The van der Waals surface area contributed by atoms with E-state index in [0.29, 0.717) is 12.8 Å². The number of carbonyl (C=O) groups excluding carboxylic acids is 2. The molecular formula is C15H22N3O2+. The molecule has 20 heavy (non-hydrogen) atoms. The number of imide groups is 1. The molecule has 1 unspecified atom stereocenters. The molecule has 1 N–H and O–H groups in total. The summed E-state index contributed by atoms with van der Waals surface area (Å²) in [6.07, 6.45) is 0.968. The highest BCUT2D eigenvalue weighted by Gasteiger charge is 2.30. The molecule has 0 aromatic heterocycles. The van der Waals surface area contributed by atoms with Crippen molar-refractivity contribution in [1.29, 1.82) is 0 Å². The summed E-state index contributed by atoms with van der Waals surface area (Å²) in [4.78, 5) is 25.0. The summed E-state index contributed by atoms with van der Waals surface area (Å²) in [7, 11) is 8.22. The molecule has 1 saturated heterocycles. The van der Waals surface area contributed by atoms with Crippen LogP contribution >= 0.6 is 0 Å². The fourth-order valence-electron chi connectivity index (χ4n) is 2.37. The molecule has 0 spiro atoms. The lowest BCUT2D eigenvalue weighted by atomic mass is 10.0. The second-order valence-corrected chi connectivity index (χ2v) is 6.11. The largest absolute Gasteiger partial charge is 0.363 e. The topological polar surface area (TPSA) is 49.4 Å². The van der Waals surface area contributed by atoms with E-state index in [9.17, 15) is 9.59 Å². The van der Waals surface area contributed by atoms with Crippen LogP contribution in [0, 0.1) is 0 Å². The van der Waals surface area contributed by atoms with Crippen molar-refractivity contribution < 1.29 is 9.59 Å². The van der Waals surface area contributed by atoms with Crippen LogP contribution in [0.2, 0.25) is 0 Å². The number of amides is 2. The van der Waals surface area contributed by atoms with Crippen molar-refractivity contribution in [3.63, 3.8) is 0 Å². The van der Waals surface area contributed by atoms with Gasteiger partial charge in [-0.2, -0.15) is 0 Å². The lowest BCUT2D eigenvalue weighted by molar-refractivity contribution is -0.134. The number of likely N-dealkylation sites (N-methyl/N-ethyl adjacent to an activating group) is 1. The maximum absolute atomic E-state index is 11.9. The number of carbonyl (C=O) groups is 2. The molecule has 5 nitrogen and oxygen atoms in total. The quantitative estimate of drug-likeness (QED) is 0.665. The molecule has 1 heterocycles. The highest BCUT2D eigenvalue weighted by molar-refractivity contribution is 6.01. The van der Waals surface area contributed by atoms with Gasteiger partial charge in [0.1, 0.15) is 11.7 Å². The Bertz CT molecular complexity index is 517. The van der Waals surface area contributed by atoms with Gasteiger partial charge in [0.15, 0.2) is 0 Å². The average Bonchev–Trinajstić information content (AvgIpc) is 2.37. The van der Waals surface area contributed by atoms with E-state index >= 15 is 0 Å². The van der Waals surface area contributed by atoms with Crippen molar-refractivity contribution in [2.24, 2.45) is 0 Å². The van der Waals surface area contributed by atoms with Gasteiger partial charge in [0.05, 0.1) is 21.1 Å². The molecule has 0 bridgehead atoms. The fraction of sp³-hybridized carbons (Fsp3) is 0.467. The van der Waals surface area contributed by atoms with Gasteiger partial charge in [-0.15, -0.1) is 0 Å². The molecule has 0 aliphatic carbocycles. The number of hydrogen-bond donors (Lipinski definition) is 1. The van der Waals surface area contributed by atoms with E-state index in [1.807, 2.05) is 24.1 Å². The Kier molecular flexibility index (Phi) is 3.81. The molecule has 0 radical (unpaired) electrons. The first-order valence-electron chi connectivity index (χ1n) is 6.77. The molecule has 1 atom stereocenters. The van der Waals surface area contributed by atoms with Crippen molar-refractivity contribution in [2.45, 2.75) is 18.9 Å². The molecule has 2 amide bonds. The van der Waals surface area contributed by atoms with Crippen LogP contribution < -0.4 is 14.7 Å². The van der Waals surface area contributed by atoms with Gasteiger partial charge in [-0.1, -0.05) is 0 Å². The molecule has 2 rings (SSSR count). The number of nitrogens with zero attached hydrogens (tertiary/aromatic N) is 2. The van der Waals surface area contributed by atoms with Crippen molar-refractivity contribution in [2.75, 3.05) is 33.1 Å². The van der Waals surface area contributed by atoms with Gasteiger partial charge in [0, 0.05) is 31.3 Å². The molecule has 1 aromatic rings. The van der Waals surface area contributed by atoms with Crippen LogP contribution in [0.25, 0.3) is 0 Å². The smallest absolute Gasteiger partial charge is 0.249 e. The molecule has 1 aliphatic rings. The zero-order valence-electron chi connectivity index (χ0n) is 12.5. The van der Waals surface area contributed by atoms with E-state index in [1.165, 1.54) is 5.69 Å². The minimum absolute atomic E-state index is 0.181. The van der Waals surface area contributed by atoms with E-state index in [-0.39, 0.29) is 17.9 Å². The van der Waals surface area contributed by atoms with Gasteiger partial charge in [-0.25, -0.2) is 0 Å². The van der Waals surface area contributed by atoms with Crippen molar-refractivity contribution in [1.82, 2.24) is 9.80 Å². The maximum atomic E-state index is 11.9. The number of benzene rings is 1.